The lowest BCUT2D eigenvalue weighted by molar-refractivity contribution is -0.384. The number of para-hydroxylation sites is 1. The molecule has 0 aliphatic carbocycles. The van der Waals surface area contributed by atoms with Crippen LogP contribution in [-0.4, -0.2) is 39.4 Å². The standard InChI is InChI=1S/C21H18N4O5S/c26-19(18-7-4-12-24(18)21(27)30-16-5-2-1-3-6-16)23-20-22-17(13-31-20)14-8-10-15(11-9-14)25(28)29/h1-3,5-6,8-11,13,18H,4,7,12H2,(H,22,23,26)/t18-/m1/s1. The predicted molar refractivity (Wildman–Crippen MR) is 115 cm³/mol. The number of amides is 2. The van der Waals surface area contributed by atoms with E-state index < -0.39 is 17.1 Å². The maximum absolute atomic E-state index is 12.8. The second kappa shape index (κ2) is 8.92. The fourth-order valence-corrected chi connectivity index (χ4v) is 4.03. The summed E-state index contributed by atoms with van der Waals surface area (Å²) >= 11 is 1.24. The van der Waals surface area contributed by atoms with Crippen molar-refractivity contribution in [3.05, 3.63) is 70.1 Å². The quantitative estimate of drug-likeness (QED) is 0.469. The maximum Gasteiger partial charge on any atom is 0.415 e. The van der Waals surface area contributed by atoms with Gasteiger partial charge in [-0.3, -0.25) is 19.8 Å². The van der Waals surface area contributed by atoms with Crippen LogP contribution in [-0.2, 0) is 4.79 Å². The number of nitro groups is 1. The van der Waals surface area contributed by atoms with Crippen LogP contribution in [0.15, 0.2) is 60.0 Å². The second-order valence-electron chi connectivity index (χ2n) is 6.86. The van der Waals surface area contributed by atoms with Gasteiger partial charge in [0.2, 0.25) is 5.91 Å². The number of non-ortho nitro benzene ring substituents is 1. The van der Waals surface area contributed by atoms with Gasteiger partial charge in [0.25, 0.3) is 5.69 Å². The molecule has 0 spiro atoms. The number of anilines is 1. The smallest absolute Gasteiger partial charge is 0.410 e. The summed E-state index contributed by atoms with van der Waals surface area (Å²) in [6.07, 6.45) is 0.680. The van der Waals surface area contributed by atoms with Gasteiger partial charge in [-0.25, -0.2) is 9.78 Å². The molecule has 1 N–H and O–H groups in total. The average molecular weight is 438 g/mol. The molecule has 1 fully saturated rings. The Kier molecular flexibility index (Phi) is 5.89. The normalized spacial score (nSPS) is 15.5. The summed E-state index contributed by atoms with van der Waals surface area (Å²) in [4.78, 5) is 41.4. The van der Waals surface area contributed by atoms with E-state index >= 15 is 0 Å². The molecule has 0 saturated carbocycles. The highest BCUT2D eigenvalue weighted by atomic mass is 32.1. The number of rotatable bonds is 5. The fourth-order valence-electron chi connectivity index (χ4n) is 3.31. The highest BCUT2D eigenvalue weighted by molar-refractivity contribution is 7.14. The van der Waals surface area contributed by atoms with Crippen LogP contribution in [0.1, 0.15) is 12.8 Å². The molecule has 0 radical (unpaired) electrons. The number of likely N-dealkylation sites (tertiary alicyclic amines) is 1. The van der Waals surface area contributed by atoms with Crippen LogP contribution >= 0.6 is 11.3 Å². The molecule has 1 saturated heterocycles. The van der Waals surface area contributed by atoms with Gasteiger partial charge in [-0.05, 0) is 37.1 Å². The molecule has 1 aliphatic rings. The minimum Gasteiger partial charge on any atom is -0.410 e. The Hall–Kier alpha value is -3.79. The Morgan fingerprint density at radius 3 is 2.61 bits per heavy atom. The lowest BCUT2D eigenvalue weighted by Crippen LogP contribution is -2.44. The van der Waals surface area contributed by atoms with Crippen LogP contribution in [0.3, 0.4) is 0 Å². The molecule has 2 heterocycles. The van der Waals surface area contributed by atoms with Crippen molar-refractivity contribution in [3.8, 4) is 17.0 Å². The van der Waals surface area contributed by atoms with Crippen LogP contribution in [0.5, 0.6) is 5.75 Å². The Labute approximate surface area is 181 Å². The van der Waals surface area contributed by atoms with Gasteiger partial charge in [0.15, 0.2) is 5.13 Å². The Balaban J connectivity index is 1.40. The zero-order valence-electron chi connectivity index (χ0n) is 16.3. The summed E-state index contributed by atoms with van der Waals surface area (Å²) in [6.45, 7) is 0.440. The summed E-state index contributed by atoms with van der Waals surface area (Å²) in [5, 5.41) is 15.7. The molecule has 0 unspecified atom stereocenters. The van der Waals surface area contributed by atoms with E-state index in [9.17, 15) is 19.7 Å². The highest BCUT2D eigenvalue weighted by Gasteiger charge is 2.35. The maximum atomic E-state index is 12.8. The van der Waals surface area contributed by atoms with Gasteiger partial charge in [-0.15, -0.1) is 11.3 Å². The van der Waals surface area contributed by atoms with Crippen molar-refractivity contribution >= 4 is 34.2 Å². The lowest BCUT2D eigenvalue weighted by atomic mass is 10.1. The molecule has 9 nitrogen and oxygen atoms in total. The highest BCUT2D eigenvalue weighted by Crippen LogP contribution is 2.28. The first-order valence-electron chi connectivity index (χ1n) is 9.56. The van der Waals surface area contributed by atoms with Crippen molar-refractivity contribution < 1.29 is 19.2 Å². The summed E-state index contributed by atoms with van der Waals surface area (Å²) in [5.74, 6) is 0.0957. The number of nitrogens with zero attached hydrogens (tertiary/aromatic N) is 3. The second-order valence-corrected chi connectivity index (χ2v) is 7.72. The number of thiazole rings is 1. The van der Waals surface area contributed by atoms with E-state index in [0.29, 0.717) is 41.5 Å². The molecule has 10 heteroatoms. The Morgan fingerprint density at radius 2 is 1.90 bits per heavy atom. The average Bonchev–Trinajstić information content (AvgIpc) is 3.44. The van der Waals surface area contributed by atoms with E-state index in [2.05, 4.69) is 10.3 Å². The minimum atomic E-state index is -0.636. The van der Waals surface area contributed by atoms with Gasteiger partial charge < -0.3 is 10.1 Å². The van der Waals surface area contributed by atoms with Crippen LogP contribution < -0.4 is 10.1 Å². The predicted octanol–water partition coefficient (Wildman–Crippen LogP) is 4.32. The number of benzene rings is 2. The van der Waals surface area contributed by atoms with Gasteiger partial charge in [0, 0.05) is 29.6 Å². The molecule has 4 rings (SSSR count). The first-order chi connectivity index (χ1) is 15.0. The van der Waals surface area contributed by atoms with E-state index in [1.54, 1.807) is 41.8 Å². The molecule has 1 aromatic heterocycles. The van der Waals surface area contributed by atoms with Crippen LogP contribution in [0, 0.1) is 10.1 Å². The van der Waals surface area contributed by atoms with E-state index in [1.807, 2.05) is 6.07 Å². The zero-order valence-corrected chi connectivity index (χ0v) is 17.1. The summed E-state index contributed by atoms with van der Waals surface area (Å²) in [6, 6.07) is 14.1. The topological polar surface area (TPSA) is 115 Å². The number of carbonyl (C=O) groups excluding carboxylic acids is 2. The number of hydrogen-bond donors (Lipinski definition) is 1. The molecular weight excluding hydrogens is 420 g/mol. The van der Waals surface area contributed by atoms with E-state index in [4.69, 9.17) is 4.74 Å². The first kappa shape index (κ1) is 20.5. The third kappa shape index (κ3) is 4.69. The Bertz CT molecular complexity index is 1100. The van der Waals surface area contributed by atoms with E-state index in [1.165, 1.54) is 28.4 Å². The molecule has 2 amide bonds. The number of aromatic nitrogens is 1. The number of ether oxygens (including phenoxy) is 1. The molecule has 158 valence electrons. The molecule has 2 aromatic carbocycles. The van der Waals surface area contributed by atoms with E-state index in [0.717, 1.165) is 0 Å². The van der Waals surface area contributed by atoms with Crippen molar-refractivity contribution in [1.29, 1.82) is 0 Å². The molecule has 3 aromatic rings. The fraction of sp³-hybridized carbons (Fsp3) is 0.190. The van der Waals surface area contributed by atoms with Crippen LogP contribution in [0.4, 0.5) is 15.6 Å². The number of carbonyl (C=O) groups is 2. The molecule has 1 aliphatic heterocycles. The third-order valence-corrected chi connectivity index (χ3v) is 5.60. The molecule has 1 atom stereocenters. The largest absolute Gasteiger partial charge is 0.415 e. The van der Waals surface area contributed by atoms with Crippen molar-refractivity contribution in [2.24, 2.45) is 0 Å². The van der Waals surface area contributed by atoms with E-state index in [-0.39, 0.29) is 11.6 Å². The Morgan fingerprint density at radius 1 is 1.16 bits per heavy atom. The minimum absolute atomic E-state index is 0.00350. The summed E-state index contributed by atoms with van der Waals surface area (Å²) in [7, 11) is 0. The SMILES string of the molecule is O=C(Nc1nc(-c2ccc([N+](=O)[O-])cc2)cs1)[C@H]1CCCN1C(=O)Oc1ccccc1. The van der Waals surface area contributed by atoms with Crippen LogP contribution in [0.25, 0.3) is 11.3 Å². The van der Waals surface area contributed by atoms with Gasteiger partial charge in [0.05, 0.1) is 10.6 Å². The van der Waals surface area contributed by atoms with Gasteiger partial charge >= 0.3 is 6.09 Å². The number of nitro benzene ring substituents is 1. The van der Waals surface area contributed by atoms with Gasteiger partial charge in [0.1, 0.15) is 11.8 Å². The van der Waals surface area contributed by atoms with Gasteiger partial charge in [-0.1, -0.05) is 18.2 Å². The van der Waals surface area contributed by atoms with Crippen molar-refractivity contribution in [1.82, 2.24) is 9.88 Å². The van der Waals surface area contributed by atoms with Crippen molar-refractivity contribution in [2.75, 3.05) is 11.9 Å². The third-order valence-electron chi connectivity index (χ3n) is 4.85. The van der Waals surface area contributed by atoms with Crippen molar-refractivity contribution in [2.45, 2.75) is 18.9 Å². The number of nitrogens with one attached hydrogen (secondary N) is 1. The monoisotopic (exact) mass is 438 g/mol. The first-order valence-corrected chi connectivity index (χ1v) is 10.4. The van der Waals surface area contributed by atoms with Gasteiger partial charge in [-0.2, -0.15) is 0 Å². The molecule has 0 bridgehead atoms. The van der Waals surface area contributed by atoms with Crippen molar-refractivity contribution in [3.63, 3.8) is 0 Å². The zero-order chi connectivity index (χ0) is 21.8. The molecule has 31 heavy (non-hydrogen) atoms. The van der Waals surface area contributed by atoms with Crippen LogP contribution in [0.2, 0.25) is 0 Å². The lowest BCUT2D eigenvalue weighted by Gasteiger charge is -2.22. The number of hydrogen-bond acceptors (Lipinski definition) is 7. The molecular formula is C21H18N4O5S. The summed E-state index contributed by atoms with van der Waals surface area (Å²) < 4.78 is 5.36. The summed E-state index contributed by atoms with van der Waals surface area (Å²) in [5.41, 5.74) is 1.30.